The third-order valence-corrected chi connectivity index (χ3v) is 3.90. The average Bonchev–Trinajstić information content (AvgIpc) is 2.30. The van der Waals surface area contributed by atoms with Gasteiger partial charge in [0.2, 0.25) is 0 Å². The summed E-state index contributed by atoms with van der Waals surface area (Å²) in [5.41, 5.74) is 0.255. The van der Waals surface area contributed by atoms with Crippen LogP contribution in [0.15, 0.2) is 12.1 Å². The molecular formula is C13H16Cl2N2O. The number of halogens is 2. The minimum Gasteiger partial charge on any atom is -0.337 e. The monoisotopic (exact) mass is 286 g/mol. The van der Waals surface area contributed by atoms with Crippen LogP contribution in [0.4, 0.5) is 0 Å². The van der Waals surface area contributed by atoms with Crippen LogP contribution >= 0.6 is 23.2 Å². The molecule has 1 fully saturated rings. The Morgan fingerprint density at radius 1 is 1.44 bits per heavy atom. The third kappa shape index (κ3) is 2.96. The molecule has 0 aromatic carbocycles. The van der Waals surface area contributed by atoms with E-state index in [1.807, 2.05) is 6.92 Å². The lowest BCUT2D eigenvalue weighted by Crippen LogP contribution is -2.37. The average molecular weight is 287 g/mol. The number of aromatic nitrogens is 1. The van der Waals surface area contributed by atoms with Crippen molar-refractivity contribution in [2.24, 2.45) is 5.92 Å². The van der Waals surface area contributed by atoms with Gasteiger partial charge < -0.3 is 4.90 Å². The van der Waals surface area contributed by atoms with Gasteiger partial charge in [0, 0.05) is 13.1 Å². The van der Waals surface area contributed by atoms with Crippen molar-refractivity contribution in [1.82, 2.24) is 9.88 Å². The molecule has 0 atom stereocenters. The molecule has 1 amide bonds. The fraction of sp³-hybridized carbons (Fsp3) is 0.538. The second-order valence-electron chi connectivity index (χ2n) is 4.61. The largest absolute Gasteiger partial charge is 0.337 e. The molecule has 2 rings (SSSR count). The summed E-state index contributed by atoms with van der Waals surface area (Å²) in [5, 5.41) is 0.652. The Balaban J connectivity index is 2.14. The molecule has 0 aliphatic heterocycles. The van der Waals surface area contributed by atoms with Gasteiger partial charge in [-0.2, -0.15) is 0 Å². The first kappa shape index (κ1) is 13.6. The predicted molar refractivity (Wildman–Crippen MR) is 73.2 cm³/mol. The number of carbonyl (C=O) groups is 1. The smallest absolute Gasteiger partial charge is 0.274 e. The van der Waals surface area contributed by atoms with Crippen LogP contribution < -0.4 is 0 Å². The van der Waals surface area contributed by atoms with Crippen LogP contribution in [-0.2, 0) is 0 Å². The number of hydrogen-bond acceptors (Lipinski definition) is 2. The van der Waals surface area contributed by atoms with Crippen molar-refractivity contribution in [3.63, 3.8) is 0 Å². The van der Waals surface area contributed by atoms with E-state index in [9.17, 15) is 4.79 Å². The molecule has 0 radical (unpaired) electrons. The number of carbonyl (C=O) groups excluding carboxylic acids is 1. The molecule has 98 valence electrons. The maximum Gasteiger partial charge on any atom is 0.274 e. The quantitative estimate of drug-likeness (QED) is 0.792. The highest BCUT2D eigenvalue weighted by Crippen LogP contribution is 2.28. The van der Waals surface area contributed by atoms with Gasteiger partial charge in [-0.3, -0.25) is 4.79 Å². The zero-order valence-electron chi connectivity index (χ0n) is 10.3. The summed E-state index contributed by atoms with van der Waals surface area (Å²) >= 11 is 11.8. The highest BCUT2D eigenvalue weighted by atomic mass is 35.5. The molecule has 1 saturated carbocycles. The van der Waals surface area contributed by atoms with Crippen molar-refractivity contribution in [3.8, 4) is 0 Å². The summed E-state index contributed by atoms with van der Waals surface area (Å²) in [4.78, 5) is 18.2. The van der Waals surface area contributed by atoms with Gasteiger partial charge in [-0.05, 0) is 37.8 Å². The zero-order valence-corrected chi connectivity index (χ0v) is 11.8. The summed E-state index contributed by atoms with van der Waals surface area (Å²) in [6.45, 7) is 3.43. The van der Waals surface area contributed by atoms with Gasteiger partial charge in [-0.15, -0.1) is 0 Å². The Kier molecular flexibility index (Phi) is 4.46. The first-order valence-corrected chi connectivity index (χ1v) is 6.98. The van der Waals surface area contributed by atoms with E-state index in [1.54, 1.807) is 17.0 Å². The van der Waals surface area contributed by atoms with Gasteiger partial charge in [0.05, 0.1) is 5.02 Å². The van der Waals surface area contributed by atoms with Gasteiger partial charge in [0.15, 0.2) is 0 Å². The molecule has 3 nitrogen and oxygen atoms in total. The van der Waals surface area contributed by atoms with Gasteiger partial charge in [0.25, 0.3) is 5.91 Å². The van der Waals surface area contributed by atoms with Crippen LogP contribution in [0.5, 0.6) is 0 Å². The van der Waals surface area contributed by atoms with Crippen molar-refractivity contribution < 1.29 is 4.79 Å². The van der Waals surface area contributed by atoms with Gasteiger partial charge >= 0.3 is 0 Å². The number of amides is 1. The Hall–Kier alpha value is -0.800. The van der Waals surface area contributed by atoms with Crippen molar-refractivity contribution in [2.75, 3.05) is 13.1 Å². The fourth-order valence-corrected chi connectivity index (χ4v) is 2.39. The normalized spacial score (nSPS) is 15.3. The van der Waals surface area contributed by atoms with E-state index in [4.69, 9.17) is 23.2 Å². The second kappa shape index (κ2) is 5.89. The molecule has 1 aromatic rings. The predicted octanol–water partition coefficient (Wildman–Crippen LogP) is 3.65. The van der Waals surface area contributed by atoms with Crippen molar-refractivity contribution in [1.29, 1.82) is 0 Å². The van der Waals surface area contributed by atoms with Crippen LogP contribution in [-0.4, -0.2) is 28.9 Å². The van der Waals surface area contributed by atoms with E-state index < -0.39 is 0 Å². The van der Waals surface area contributed by atoms with Gasteiger partial charge in [-0.25, -0.2) is 4.98 Å². The Morgan fingerprint density at radius 2 is 2.17 bits per heavy atom. The van der Waals surface area contributed by atoms with Crippen LogP contribution in [0.1, 0.15) is 36.7 Å². The van der Waals surface area contributed by atoms with Crippen molar-refractivity contribution in [2.45, 2.75) is 26.2 Å². The molecule has 1 aliphatic rings. The summed E-state index contributed by atoms with van der Waals surface area (Å²) in [7, 11) is 0. The third-order valence-electron chi connectivity index (χ3n) is 3.39. The maximum atomic E-state index is 12.3. The lowest BCUT2D eigenvalue weighted by molar-refractivity contribution is 0.0701. The lowest BCUT2D eigenvalue weighted by Gasteiger charge is -2.31. The summed E-state index contributed by atoms with van der Waals surface area (Å²) in [6, 6.07) is 3.20. The molecule has 0 N–H and O–H groups in total. The highest BCUT2D eigenvalue weighted by Gasteiger charge is 2.25. The molecule has 0 spiro atoms. The summed E-state index contributed by atoms with van der Waals surface area (Å²) in [6.07, 6.45) is 3.69. The molecule has 1 heterocycles. The second-order valence-corrected chi connectivity index (χ2v) is 5.40. The van der Waals surface area contributed by atoms with Crippen LogP contribution in [0.2, 0.25) is 10.2 Å². The minimum atomic E-state index is -0.128. The molecule has 18 heavy (non-hydrogen) atoms. The molecule has 0 saturated heterocycles. The summed E-state index contributed by atoms with van der Waals surface area (Å²) < 4.78 is 0. The van der Waals surface area contributed by atoms with E-state index >= 15 is 0 Å². The van der Waals surface area contributed by atoms with Crippen LogP contribution in [0.3, 0.4) is 0 Å². The number of rotatable bonds is 4. The first-order valence-electron chi connectivity index (χ1n) is 6.23. The van der Waals surface area contributed by atoms with E-state index in [0.29, 0.717) is 22.6 Å². The van der Waals surface area contributed by atoms with Crippen LogP contribution in [0, 0.1) is 5.92 Å². The molecule has 0 bridgehead atoms. The zero-order chi connectivity index (χ0) is 13.1. The highest BCUT2D eigenvalue weighted by molar-refractivity contribution is 6.34. The molecule has 0 unspecified atom stereocenters. The summed E-state index contributed by atoms with van der Waals surface area (Å²) in [5.74, 6) is 0.503. The fourth-order valence-electron chi connectivity index (χ4n) is 2.06. The van der Waals surface area contributed by atoms with E-state index in [1.165, 1.54) is 19.3 Å². The standard InChI is InChI=1S/C13H16Cl2N2O/c1-2-17(8-9-4-3-5-9)13(18)12-10(14)6-7-11(15)16-12/h6-7,9H,2-5,8H2,1H3. The van der Waals surface area contributed by atoms with E-state index in [0.717, 1.165) is 6.54 Å². The SMILES string of the molecule is CCN(CC1CCC1)C(=O)c1nc(Cl)ccc1Cl. The number of hydrogen-bond donors (Lipinski definition) is 0. The lowest BCUT2D eigenvalue weighted by atomic mass is 9.85. The topological polar surface area (TPSA) is 33.2 Å². The Bertz CT molecular complexity index is 447. The van der Waals surface area contributed by atoms with Crippen molar-refractivity contribution >= 4 is 29.1 Å². The Morgan fingerprint density at radius 3 is 2.72 bits per heavy atom. The van der Waals surface area contributed by atoms with Gasteiger partial charge in [0.1, 0.15) is 10.8 Å². The van der Waals surface area contributed by atoms with Gasteiger partial charge in [-0.1, -0.05) is 29.6 Å². The number of pyridine rings is 1. The molecule has 5 heteroatoms. The van der Waals surface area contributed by atoms with E-state index in [-0.39, 0.29) is 11.6 Å². The maximum absolute atomic E-state index is 12.3. The molecule has 1 aromatic heterocycles. The van der Waals surface area contributed by atoms with Crippen LogP contribution in [0.25, 0.3) is 0 Å². The van der Waals surface area contributed by atoms with Crippen molar-refractivity contribution in [3.05, 3.63) is 28.0 Å². The molecule has 1 aliphatic carbocycles. The molecular weight excluding hydrogens is 271 g/mol. The van der Waals surface area contributed by atoms with E-state index in [2.05, 4.69) is 4.98 Å². The minimum absolute atomic E-state index is 0.128. The Labute approximate surface area is 117 Å². The number of nitrogens with zero attached hydrogens (tertiary/aromatic N) is 2. The first-order chi connectivity index (χ1) is 8.61.